The highest BCUT2D eigenvalue weighted by molar-refractivity contribution is 5.88. The van der Waals surface area contributed by atoms with Crippen LogP contribution in [0.5, 0.6) is 0 Å². The Morgan fingerprint density at radius 2 is 1.76 bits per heavy atom. The highest BCUT2D eigenvalue weighted by Crippen LogP contribution is 2.22. The van der Waals surface area contributed by atoms with E-state index < -0.39 is 16.8 Å². The van der Waals surface area contributed by atoms with Crippen LogP contribution in [0.3, 0.4) is 0 Å². The van der Waals surface area contributed by atoms with Crippen LogP contribution >= 0.6 is 0 Å². The van der Waals surface area contributed by atoms with E-state index in [9.17, 15) is 14.0 Å². The molecular formula is C22H13FN2O4. The van der Waals surface area contributed by atoms with Crippen LogP contribution in [-0.4, -0.2) is 9.55 Å². The molecule has 0 aliphatic carbocycles. The van der Waals surface area contributed by atoms with Crippen molar-refractivity contribution < 1.29 is 13.2 Å². The van der Waals surface area contributed by atoms with Gasteiger partial charge in [-0.25, -0.2) is 4.39 Å². The number of nitrogens with zero attached hydrogens (tertiary/aromatic N) is 2. The van der Waals surface area contributed by atoms with Crippen molar-refractivity contribution in [2.45, 2.75) is 6.54 Å². The van der Waals surface area contributed by atoms with Crippen LogP contribution in [0.2, 0.25) is 0 Å². The summed E-state index contributed by atoms with van der Waals surface area (Å²) in [5.41, 5.74) is -0.212. The quantitative estimate of drug-likeness (QED) is 0.437. The molecule has 5 aromatic rings. The van der Waals surface area contributed by atoms with Gasteiger partial charge < -0.3 is 8.83 Å². The second-order valence-corrected chi connectivity index (χ2v) is 6.52. The summed E-state index contributed by atoms with van der Waals surface area (Å²) in [6, 6.07) is 15.7. The van der Waals surface area contributed by atoms with Gasteiger partial charge in [-0.15, -0.1) is 0 Å². The number of furan rings is 1. The Bertz CT molecular complexity index is 1470. The molecule has 0 amide bonds. The van der Waals surface area contributed by atoms with Gasteiger partial charge in [-0.05, 0) is 48.5 Å². The summed E-state index contributed by atoms with van der Waals surface area (Å²) in [5, 5.41) is 0.166. The average Bonchev–Trinajstić information content (AvgIpc) is 3.24. The molecule has 0 fully saturated rings. The van der Waals surface area contributed by atoms with Crippen LogP contribution < -0.4 is 11.0 Å². The van der Waals surface area contributed by atoms with Gasteiger partial charge in [-0.3, -0.25) is 14.2 Å². The summed E-state index contributed by atoms with van der Waals surface area (Å²) in [4.78, 5) is 30.8. The van der Waals surface area contributed by atoms with E-state index in [0.29, 0.717) is 22.3 Å². The molecule has 0 aliphatic rings. The Labute approximate surface area is 162 Å². The smallest absolute Gasteiger partial charge is 0.269 e. The van der Waals surface area contributed by atoms with Crippen LogP contribution in [0.15, 0.2) is 85.4 Å². The molecule has 6 nitrogen and oxygen atoms in total. The molecule has 0 atom stereocenters. The topological polar surface area (TPSA) is 78.2 Å². The standard InChI is InChI=1S/C22H13FN2O4/c23-14-9-7-13(8-10-14)20-24-21-18(19(26)16-5-1-2-6-17(16)29-21)22(27)25(20)12-15-4-3-11-28-15/h1-11H,12H2. The first kappa shape index (κ1) is 17.1. The zero-order valence-corrected chi connectivity index (χ0v) is 15.0. The van der Waals surface area contributed by atoms with Crippen LogP contribution in [0.4, 0.5) is 4.39 Å². The minimum atomic E-state index is -0.551. The maximum absolute atomic E-state index is 13.4. The molecule has 0 radical (unpaired) electrons. The molecule has 142 valence electrons. The van der Waals surface area contributed by atoms with Crippen LogP contribution in [0.25, 0.3) is 33.5 Å². The number of halogens is 1. The normalized spacial score (nSPS) is 11.3. The van der Waals surface area contributed by atoms with Crippen LogP contribution in [-0.2, 0) is 6.54 Å². The van der Waals surface area contributed by atoms with Gasteiger partial charge in [0, 0.05) is 5.56 Å². The molecule has 0 N–H and O–H groups in total. The van der Waals surface area contributed by atoms with Crippen molar-refractivity contribution in [2.75, 3.05) is 0 Å². The predicted molar refractivity (Wildman–Crippen MR) is 105 cm³/mol. The Morgan fingerprint density at radius 3 is 2.52 bits per heavy atom. The summed E-state index contributed by atoms with van der Waals surface area (Å²) < 4.78 is 25.9. The molecule has 5 rings (SSSR count). The molecule has 2 aromatic carbocycles. The number of fused-ring (bicyclic) bond motifs is 2. The third kappa shape index (κ3) is 2.84. The van der Waals surface area contributed by atoms with Crippen LogP contribution in [0, 0.1) is 5.82 Å². The van der Waals surface area contributed by atoms with Gasteiger partial charge >= 0.3 is 0 Å². The molecule has 0 unspecified atom stereocenters. The lowest BCUT2D eigenvalue weighted by Gasteiger charge is -2.12. The molecule has 3 heterocycles. The van der Waals surface area contributed by atoms with E-state index in [1.165, 1.54) is 35.1 Å². The summed E-state index contributed by atoms with van der Waals surface area (Å²) in [7, 11) is 0. The molecular weight excluding hydrogens is 375 g/mol. The minimum Gasteiger partial charge on any atom is -0.467 e. The molecule has 0 bridgehead atoms. The Morgan fingerprint density at radius 1 is 0.966 bits per heavy atom. The largest absolute Gasteiger partial charge is 0.467 e. The predicted octanol–water partition coefficient (Wildman–Crippen LogP) is 3.95. The third-order valence-electron chi connectivity index (χ3n) is 4.70. The highest BCUT2D eigenvalue weighted by atomic mass is 19.1. The molecule has 0 saturated carbocycles. The summed E-state index contributed by atoms with van der Waals surface area (Å²) >= 11 is 0. The van der Waals surface area contributed by atoms with Gasteiger partial charge in [0.15, 0.2) is 5.39 Å². The van der Waals surface area contributed by atoms with E-state index in [1.807, 2.05) is 0 Å². The fourth-order valence-electron chi connectivity index (χ4n) is 3.31. The second kappa shape index (κ2) is 6.56. The number of rotatable bonds is 3. The number of aromatic nitrogens is 2. The van der Waals surface area contributed by atoms with E-state index in [0.717, 1.165) is 0 Å². The van der Waals surface area contributed by atoms with E-state index >= 15 is 0 Å². The summed E-state index contributed by atoms with van der Waals surface area (Å²) in [6.07, 6.45) is 1.49. The van der Waals surface area contributed by atoms with E-state index in [4.69, 9.17) is 8.83 Å². The maximum Gasteiger partial charge on any atom is 0.269 e. The van der Waals surface area contributed by atoms with Crippen molar-refractivity contribution in [2.24, 2.45) is 0 Å². The molecule has 7 heteroatoms. The van der Waals surface area contributed by atoms with Crippen molar-refractivity contribution in [3.05, 3.63) is 99.1 Å². The Hall–Kier alpha value is -4.00. The van der Waals surface area contributed by atoms with Crippen molar-refractivity contribution in [1.29, 1.82) is 0 Å². The summed E-state index contributed by atoms with van der Waals surface area (Å²) in [5.74, 6) is 0.353. The second-order valence-electron chi connectivity index (χ2n) is 6.52. The van der Waals surface area contributed by atoms with Crippen LogP contribution in [0.1, 0.15) is 5.76 Å². The number of benzene rings is 2. The minimum absolute atomic E-state index is 0.0614. The maximum atomic E-state index is 13.4. The number of hydrogen-bond acceptors (Lipinski definition) is 5. The zero-order chi connectivity index (χ0) is 20.0. The van der Waals surface area contributed by atoms with Crippen molar-refractivity contribution in [3.8, 4) is 11.4 Å². The van der Waals surface area contributed by atoms with Crippen molar-refractivity contribution in [1.82, 2.24) is 9.55 Å². The fraction of sp³-hybridized carbons (Fsp3) is 0.0455. The Kier molecular flexibility index (Phi) is 3.87. The molecule has 3 aromatic heterocycles. The molecule has 29 heavy (non-hydrogen) atoms. The lowest BCUT2D eigenvalue weighted by atomic mass is 10.1. The third-order valence-corrected chi connectivity index (χ3v) is 4.70. The first-order valence-electron chi connectivity index (χ1n) is 8.86. The zero-order valence-electron chi connectivity index (χ0n) is 15.0. The molecule has 0 spiro atoms. The van der Waals surface area contributed by atoms with E-state index in [-0.39, 0.29) is 23.5 Å². The van der Waals surface area contributed by atoms with Gasteiger partial charge in [0.25, 0.3) is 5.56 Å². The Balaban J connectivity index is 1.88. The number of hydrogen-bond donors (Lipinski definition) is 0. The SMILES string of the molecule is O=c1c2ccccc2oc2nc(-c3ccc(F)cc3)n(Cc3ccco3)c(=O)c12. The van der Waals surface area contributed by atoms with E-state index in [1.54, 1.807) is 36.4 Å². The fourth-order valence-corrected chi connectivity index (χ4v) is 3.31. The first-order valence-corrected chi connectivity index (χ1v) is 8.86. The molecule has 0 saturated heterocycles. The van der Waals surface area contributed by atoms with Gasteiger partial charge in [-0.2, -0.15) is 4.98 Å². The van der Waals surface area contributed by atoms with Gasteiger partial charge in [0.2, 0.25) is 11.1 Å². The average molecular weight is 388 g/mol. The molecule has 0 aliphatic heterocycles. The number of para-hydroxylation sites is 1. The highest BCUT2D eigenvalue weighted by Gasteiger charge is 2.19. The van der Waals surface area contributed by atoms with Gasteiger partial charge in [-0.1, -0.05) is 12.1 Å². The van der Waals surface area contributed by atoms with E-state index in [2.05, 4.69) is 4.98 Å². The van der Waals surface area contributed by atoms with Gasteiger partial charge in [0.1, 0.15) is 23.0 Å². The van der Waals surface area contributed by atoms with Gasteiger partial charge in [0.05, 0.1) is 18.2 Å². The summed E-state index contributed by atoms with van der Waals surface area (Å²) in [6.45, 7) is 0.0632. The lowest BCUT2D eigenvalue weighted by molar-refractivity contribution is 0.489. The van der Waals surface area contributed by atoms with Crippen molar-refractivity contribution >= 4 is 22.1 Å². The monoisotopic (exact) mass is 388 g/mol. The lowest BCUT2D eigenvalue weighted by Crippen LogP contribution is -2.28. The van der Waals surface area contributed by atoms with Crippen molar-refractivity contribution in [3.63, 3.8) is 0 Å². The first-order chi connectivity index (χ1) is 14.1.